The maximum atomic E-state index is 13.0. The third-order valence-corrected chi connectivity index (χ3v) is 4.78. The number of nitrogens with one attached hydrogen (secondary N) is 1. The molecule has 0 aliphatic heterocycles. The van der Waals surface area contributed by atoms with E-state index in [1.807, 2.05) is 75.4 Å². The Bertz CT molecular complexity index is 790. The highest BCUT2D eigenvalue weighted by Gasteiger charge is 2.26. The standard InChI is InChI=1S/C24H32N2O3/c1-18(2)16-25-24(28)20(4)26(15-14-21-11-6-5-7-12-21)23(27)17-29-22-13-9-8-10-19(22)3/h5-13,18,20H,14-17H2,1-4H3,(H,25,28)/t20-/m0/s1. The van der Waals surface area contributed by atoms with Gasteiger partial charge in [0.25, 0.3) is 5.91 Å². The summed E-state index contributed by atoms with van der Waals surface area (Å²) in [5.74, 6) is 0.692. The summed E-state index contributed by atoms with van der Waals surface area (Å²) < 4.78 is 5.74. The second-order valence-electron chi connectivity index (χ2n) is 7.69. The van der Waals surface area contributed by atoms with Gasteiger partial charge in [-0.05, 0) is 43.4 Å². The number of ether oxygens (including phenoxy) is 1. The lowest BCUT2D eigenvalue weighted by Gasteiger charge is -2.29. The van der Waals surface area contributed by atoms with Crippen molar-refractivity contribution in [3.63, 3.8) is 0 Å². The highest BCUT2D eigenvalue weighted by molar-refractivity contribution is 5.88. The maximum absolute atomic E-state index is 13.0. The van der Waals surface area contributed by atoms with Crippen LogP contribution in [-0.4, -0.2) is 42.5 Å². The third kappa shape index (κ3) is 7.26. The van der Waals surface area contributed by atoms with E-state index < -0.39 is 6.04 Å². The van der Waals surface area contributed by atoms with Crippen LogP contribution in [0.3, 0.4) is 0 Å². The molecule has 1 N–H and O–H groups in total. The molecule has 0 heterocycles. The largest absolute Gasteiger partial charge is 0.484 e. The van der Waals surface area contributed by atoms with Crippen LogP contribution in [0.15, 0.2) is 54.6 Å². The number of carbonyl (C=O) groups is 2. The molecule has 5 nitrogen and oxygen atoms in total. The summed E-state index contributed by atoms with van der Waals surface area (Å²) in [6, 6.07) is 17.0. The van der Waals surface area contributed by atoms with E-state index in [9.17, 15) is 9.59 Å². The van der Waals surface area contributed by atoms with Gasteiger partial charge in [0.1, 0.15) is 11.8 Å². The molecule has 0 spiro atoms. The Morgan fingerprint density at radius 2 is 1.66 bits per heavy atom. The summed E-state index contributed by atoms with van der Waals surface area (Å²) in [5.41, 5.74) is 2.10. The van der Waals surface area contributed by atoms with Crippen LogP contribution in [-0.2, 0) is 16.0 Å². The molecule has 2 rings (SSSR count). The normalized spacial score (nSPS) is 11.8. The number of carbonyl (C=O) groups excluding carboxylic acids is 2. The zero-order valence-electron chi connectivity index (χ0n) is 17.9. The second kappa shape index (κ2) is 11.2. The lowest BCUT2D eigenvalue weighted by molar-refractivity contribution is -0.141. The number of benzene rings is 2. The SMILES string of the molecule is Cc1ccccc1OCC(=O)N(CCc1ccccc1)[C@@H](C)C(=O)NCC(C)C. The van der Waals surface area contributed by atoms with E-state index in [4.69, 9.17) is 4.74 Å². The van der Waals surface area contributed by atoms with Crippen molar-refractivity contribution >= 4 is 11.8 Å². The molecule has 0 aromatic heterocycles. The second-order valence-corrected chi connectivity index (χ2v) is 7.69. The molecular formula is C24H32N2O3. The van der Waals surface area contributed by atoms with Gasteiger partial charge in [0.05, 0.1) is 0 Å². The molecule has 156 valence electrons. The summed E-state index contributed by atoms with van der Waals surface area (Å²) in [7, 11) is 0. The van der Waals surface area contributed by atoms with Gasteiger partial charge in [-0.1, -0.05) is 62.4 Å². The first-order chi connectivity index (χ1) is 13.9. The van der Waals surface area contributed by atoms with E-state index in [0.29, 0.717) is 31.2 Å². The summed E-state index contributed by atoms with van der Waals surface area (Å²) in [5, 5.41) is 2.92. The van der Waals surface area contributed by atoms with E-state index in [-0.39, 0.29) is 18.4 Å². The van der Waals surface area contributed by atoms with Crippen molar-refractivity contribution in [1.82, 2.24) is 10.2 Å². The predicted molar refractivity (Wildman–Crippen MR) is 116 cm³/mol. The van der Waals surface area contributed by atoms with Crippen molar-refractivity contribution in [3.05, 3.63) is 65.7 Å². The van der Waals surface area contributed by atoms with Crippen molar-refractivity contribution < 1.29 is 14.3 Å². The van der Waals surface area contributed by atoms with Crippen LogP contribution >= 0.6 is 0 Å². The molecule has 2 amide bonds. The van der Waals surface area contributed by atoms with E-state index in [1.54, 1.807) is 11.8 Å². The van der Waals surface area contributed by atoms with Crippen LogP contribution in [0.4, 0.5) is 0 Å². The predicted octanol–water partition coefficient (Wildman–Crippen LogP) is 3.61. The smallest absolute Gasteiger partial charge is 0.261 e. The quantitative estimate of drug-likeness (QED) is 0.667. The first kappa shape index (κ1) is 22.5. The fourth-order valence-corrected chi connectivity index (χ4v) is 2.96. The topological polar surface area (TPSA) is 58.6 Å². The van der Waals surface area contributed by atoms with Gasteiger partial charge in [-0.2, -0.15) is 0 Å². The highest BCUT2D eigenvalue weighted by atomic mass is 16.5. The Labute approximate surface area is 174 Å². The maximum Gasteiger partial charge on any atom is 0.261 e. The molecule has 0 aliphatic carbocycles. The van der Waals surface area contributed by atoms with Crippen LogP contribution in [0.1, 0.15) is 31.9 Å². The van der Waals surface area contributed by atoms with E-state index in [1.165, 1.54) is 0 Å². The van der Waals surface area contributed by atoms with Gasteiger partial charge in [0.15, 0.2) is 6.61 Å². The molecule has 0 aliphatic rings. The van der Waals surface area contributed by atoms with Crippen molar-refractivity contribution in [3.8, 4) is 5.75 Å². The van der Waals surface area contributed by atoms with Crippen LogP contribution in [0.25, 0.3) is 0 Å². The minimum absolute atomic E-state index is 0.0958. The molecule has 0 fully saturated rings. The highest BCUT2D eigenvalue weighted by Crippen LogP contribution is 2.16. The summed E-state index contributed by atoms with van der Waals surface area (Å²) in [4.78, 5) is 27.2. The molecule has 2 aromatic rings. The zero-order valence-corrected chi connectivity index (χ0v) is 17.9. The van der Waals surface area contributed by atoms with Crippen molar-refractivity contribution in [2.45, 2.75) is 40.2 Å². The Morgan fingerprint density at radius 1 is 1.00 bits per heavy atom. The average molecular weight is 397 g/mol. The van der Waals surface area contributed by atoms with Gasteiger partial charge >= 0.3 is 0 Å². The van der Waals surface area contributed by atoms with Crippen LogP contribution in [0, 0.1) is 12.8 Å². The molecule has 0 bridgehead atoms. The van der Waals surface area contributed by atoms with Gasteiger partial charge in [-0.3, -0.25) is 9.59 Å². The van der Waals surface area contributed by atoms with Gasteiger partial charge in [0, 0.05) is 13.1 Å². The van der Waals surface area contributed by atoms with Gasteiger partial charge in [-0.25, -0.2) is 0 Å². The summed E-state index contributed by atoms with van der Waals surface area (Å²) in [6.07, 6.45) is 0.679. The van der Waals surface area contributed by atoms with Crippen molar-refractivity contribution in [1.29, 1.82) is 0 Å². The summed E-state index contributed by atoms with van der Waals surface area (Å²) >= 11 is 0. The number of para-hydroxylation sites is 1. The Hall–Kier alpha value is -2.82. The number of rotatable bonds is 10. The molecular weight excluding hydrogens is 364 g/mol. The Morgan fingerprint density at radius 3 is 2.31 bits per heavy atom. The average Bonchev–Trinajstić information content (AvgIpc) is 2.72. The fourth-order valence-electron chi connectivity index (χ4n) is 2.96. The first-order valence-electron chi connectivity index (χ1n) is 10.2. The van der Waals surface area contributed by atoms with Crippen LogP contribution in [0.5, 0.6) is 5.75 Å². The minimum Gasteiger partial charge on any atom is -0.484 e. The molecule has 0 radical (unpaired) electrons. The monoisotopic (exact) mass is 396 g/mol. The number of hydrogen-bond donors (Lipinski definition) is 1. The van der Waals surface area contributed by atoms with Crippen LogP contribution in [0.2, 0.25) is 0 Å². The number of amides is 2. The van der Waals surface area contributed by atoms with E-state index >= 15 is 0 Å². The van der Waals surface area contributed by atoms with Crippen molar-refractivity contribution in [2.24, 2.45) is 5.92 Å². The molecule has 0 saturated carbocycles. The van der Waals surface area contributed by atoms with Gasteiger partial charge in [-0.15, -0.1) is 0 Å². The summed E-state index contributed by atoms with van der Waals surface area (Å²) in [6.45, 7) is 8.74. The van der Waals surface area contributed by atoms with E-state index in [2.05, 4.69) is 5.32 Å². The number of hydrogen-bond acceptors (Lipinski definition) is 3. The first-order valence-corrected chi connectivity index (χ1v) is 10.2. The molecule has 0 saturated heterocycles. The fraction of sp³-hybridized carbons (Fsp3) is 0.417. The van der Waals surface area contributed by atoms with Crippen molar-refractivity contribution in [2.75, 3.05) is 19.7 Å². The molecule has 2 aromatic carbocycles. The Kier molecular flexibility index (Phi) is 8.71. The Balaban J connectivity index is 2.06. The lowest BCUT2D eigenvalue weighted by atomic mass is 10.1. The van der Waals surface area contributed by atoms with Gasteiger partial charge < -0.3 is 15.0 Å². The lowest BCUT2D eigenvalue weighted by Crippen LogP contribution is -2.50. The number of nitrogens with zero attached hydrogens (tertiary/aromatic N) is 1. The third-order valence-electron chi connectivity index (χ3n) is 4.78. The molecule has 0 unspecified atom stereocenters. The molecule has 5 heteroatoms. The van der Waals surface area contributed by atoms with Crippen LogP contribution < -0.4 is 10.1 Å². The zero-order chi connectivity index (χ0) is 21.2. The minimum atomic E-state index is -0.564. The van der Waals surface area contributed by atoms with Gasteiger partial charge in [0.2, 0.25) is 5.91 Å². The molecule has 1 atom stereocenters. The van der Waals surface area contributed by atoms with E-state index in [0.717, 1.165) is 11.1 Å². The molecule has 29 heavy (non-hydrogen) atoms. The number of aryl methyl sites for hydroxylation is 1.